The van der Waals surface area contributed by atoms with Gasteiger partial charge in [-0.25, -0.2) is 0 Å². The molecule has 10 heteroatoms. The molecular weight excluding hydrogens is 472 g/mol. The number of fused-ring (bicyclic) bond motifs is 1. The lowest BCUT2D eigenvalue weighted by Gasteiger charge is -2.07. The van der Waals surface area contributed by atoms with Gasteiger partial charge in [0.1, 0.15) is 11.5 Å². The van der Waals surface area contributed by atoms with Crippen molar-refractivity contribution in [2.24, 2.45) is 0 Å². The number of carbonyl (C=O) groups excluding carboxylic acids is 2. The SMILES string of the molecule is CCOc1ccc(NC(=O)CSc2nnc(NC(=O)COc3ccc4ccccc4c3)s2)cc1. The maximum absolute atomic E-state index is 12.2. The molecule has 4 rings (SSSR count). The molecule has 0 aliphatic rings. The van der Waals surface area contributed by atoms with Crippen molar-refractivity contribution in [1.82, 2.24) is 10.2 Å². The van der Waals surface area contributed by atoms with Gasteiger partial charge >= 0.3 is 0 Å². The Bertz CT molecular complexity index is 1280. The Morgan fingerprint density at radius 3 is 2.44 bits per heavy atom. The third-order valence-corrected chi connectivity index (χ3v) is 6.49. The zero-order valence-electron chi connectivity index (χ0n) is 18.3. The third kappa shape index (κ3) is 6.69. The van der Waals surface area contributed by atoms with Crippen LogP contribution in [0.5, 0.6) is 11.5 Å². The van der Waals surface area contributed by atoms with E-state index >= 15 is 0 Å². The number of amides is 2. The van der Waals surface area contributed by atoms with Crippen LogP contribution in [0.1, 0.15) is 6.92 Å². The summed E-state index contributed by atoms with van der Waals surface area (Å²) in [6.07, 6.45) is 0. The number of rotatable bonds is 10. The zero-order chi connectivity index (χ0) is 23.8. The highest BCUT2D eigenvalue weighted by molar-refractivity contribution is 8.01. The minimum Gasteiger partial charge on any atom is -0.494 e. The maximum Gasteiger partial charge on any atom is 0.264 e. The van der Waals surface area contributed by atoms with E-state index in [-0.39, 0.29) is 24.2 Å². The van der Waals surface area contributed by atoms with Crippen LogP contribution in [0, 0.1) is 0 Å². The van der Waals surface area contributed by atoms with Crippen molar-refractivity contribution in [3.8, 4) is 11.5 Å². The lowest BCUT2D eigenvalue weighted by molar-refractivity contribution is -0.118. The predicted octanol–water partition coefficient (Wildman–Crippen LogP) is 4.84. The molecule has 34 heavy (non-hydrogen) atoms. The van der Waals surface area contributed by atoms with Crippen LogP contribution in [0.4, 0.5) is 10.8 Å². The molecule has 2 amide bonds. The van der Waals surface area contributed by atoms with Gasteiger partial charge in [0.05, 0.1) is 12.4 Å². The quantitative estimate of drug-likeness (QED) is 0.240. The molecule has 3 aromatic carbocycles. The Morgan fingerprint density at radius 1 is 0.882 bits per heavy atom. The molecule has 0 radical (unpaired) electrons. The molecule has 0 atom stereocenters. The molecule has 0 aliphatic heterocycles. The fourth-order valence-electron chi connectivity index (χ4n) is 3.01. The van der Waals surface area contributed by atoms with Crippen LogP contribution < -0.4 is 20.1 Å². The van der Waals surface area contributed by atoms with E-state index in [2.05, 4.69) is 20.8 Å². The van der Waals surface area contributed by atoms with E-state index in [9.17, 15) is 9.59 Å². The molecule has 8 nitrogen and oxygen atoms in total. The van der Waals surface area contributed by atoms with Gasteiger partial charge in [0.15, 0.2) is 10.9 Å². The first-order valence-corrected chi connectivity index (χ1v) is 12.3. The minimum absolute atomic E-state index is 0.148. The Kier molecular flexibility index (Phi) is 7.95. The fourth-order valence-corrected chi connectivity index (χ4v) is 4.57. The summed E-state index contributed by atoms with van der Waals surface area (Å²) in [5, 5.41) is 15.9. The minimum atomic E-state index is -0.339. The standard InChI is InChI=1S/C24H22N4O4S2/c1-2-31-19-11-8-18(9-12-19)25-22(30)15-33-24-28-27-23(34-24)26-21(29)14-32-20-10-7-16-5-3-4-6-17(16)13-20/h3-13H,2,14-15H2,1H3,(H,25,30)(H,26,27,29). The Morgan fingerprint density at radius 2 is 1.65 bits per heavy atom. The van der Waals surface area contributed by atoms with Gasteiger partial charge in [-0.1, -0.05) is 53.4 Å². The number of anilines is 2. The number of carbonyl (C=O) groups is 2. The first kappa shape index (κ1) is 23.5. The van der Waals surface area contributed by atoms with Gasteiger partial charge < -0.3 is 14.8 Å². The number of benzene rings is 3. The second-order valence-corrected chi connectivity index (χ2v) is 9.21. The van der Waals surface area contributed by atoms with Gasteiger partial charge in [-0.05, 0) is 54.1 Å². The van der Waals surface area contributed by atoms with Gasteiger partial charge in [-0.3, -0.25) is 14.9 Å². The van der Waals surface area contributed by atoms with E-state index in [4.69, 9.17) is 9.47 Å². The molecule has 0 fully saturated rings. The number of ether oxygens (including phenoxy) is 2. The molecule has 0 saturated carbocycles. The van der Waals surface area contributed by atoms with E-state index in [1.165, 1.54) is 23.1 Å². The number of nitrogens with zero attached hydrogens (tertiary/aromatic N) is 2. The smallest absolute Gasteiger partial charge is 0.264 e. The second-order valence-electron chi connectivity index (χ2n) is 7.01. The molecule has 0 unspecified atom stereocenters. The number of hydrogen-bond donors (Lipinski definition) is 2. The summed E-state index contributed by atoms with van der Waals surface area (Å²) in [6, 6.07) is 20.8. The van der Waals surface area contributed by atoms with E-state index in [1.807, 2.05) is 49.4 Å². The first-order valence-electron chi connectivity index (χ1n) is 10.5. The van der Waals surface area contributed by atoms with Crippen LogP contribution in [-0.4, -0.2) is 41.0 Å². The maximum atomic E-state index is 12.2. The van der Waals surface area contributed by atoms with E-state index in [0.717, 1.165) is 16.5 Å². The van der Waals surface area contributed by atoms with E-state index < -0.39 is 0 Å². The summed E-state index contributed by atoms with van der Waals surface area (Å²) in [6.45, 7) is 2.35. The van der Waals surface area contributed by atoms with Gasteiger partial charge in [0.2, 0.25) is 11.0 Å². The van der Waals surface area contributed by atoms with Gasteiger partial charge in [0.25, 0.3) is 5.91 Å². The highest BCUT2D eigenvalue weighted by Crippen LogP contribution is 2.26. The van der Waals surface area contributed by atoms with Crippen molar-refractivity contribution < 1.29 is 19.1 Å². The fraction of sp³-hybridized carbons (Fsp3) is 0.167. The van der Waals surface area contributed by atoms with Crippen molar-refractivity contribution >= 4 is 56.5 Å². The topological polar surface area (TPSA) is 102 Å². The molecule has 1 aromatic heterocycles. The van der Waals surface area contributed by atoms with Crippen molar-refractivity contribution in [3.05, 3.63) is 66.7 Å². The molecule has 174 valence electrons. The monoisotopic (exact) mass is 494 g/mol. The highest BCUT2D eigenvalue weighted by Gasteiger charge is 2.11. The molecule has 0 bridgehead atoms. The number of aromatic nitrogens is 2. The second kappa shape index (κ2) is 11.5. The van der Waals surface area contributed by atoms with Gasteiger partial charge in [0, 0.05) is 5.69 Å². The number of hydrogen-bond acceptors (Lipinski definition) is 8. The molecule has 2 N–H and O–H groups in total. The largest absolute Gasteiger partial charge is 0.494 e. The average Bonchev–Trinajstić information content (AvgIpc) is 3.30. The predicted molar refractivity (Wildman–Crippen MR) is 135 cm³/mol. The average molecular weight is 495 g/mol. The van der Waals surface area contributed by atoms with Crippen LogP contribution in [0.2, 0.25) is 0 Å². The summed E-state index contributed by atoms with van der Waals surface area (Å²) in [5.74, 6) is 1.02. The van der Waals surface area contributed by atoms with Crippen molar-refractivity contribution in [2.45, 2.75) is 11.3 Å². The summed E-state index contributed by atoms with van der Waals surface area (Å²) >= 11 is 2.44. The molecular formula is C24H22N4O4S2. The summed E-state index contributed by atoms with van der Waals surface area (Å²) in [7, 11) is 0. The lowest BCUT2D eigenvalue weighted by Crippen LogP contribution is -2.20. The van der Waals surface area contributed by atoms with Crippen LogP contribution in [0.15, 0.2) is 71.1 Å². The zero-order valence-corrected chi connectivity index (χ0v) is 19.9. The van der Waals surface area contributed by atoms with Crippen LogP contribution >= 0.6 is 23.1 Å². The number of thioether (sulfide) groups is 1. The van der Waals surface area contributed by atoms with Crippen LogP contribution in [-0.2, 0) is 9.59 Å². The Balaban J connectivity index is 1.21. The van der Waals surface area contributed by atoms with Crippen molar-refractivity contribution in [3.63, 3.8) is 0 Å². The highest BCUT2D eigenvalue weighted by atomic mass is 32.2. The van der Waals surface area contributed by atoms with Crippen LogP contribution in [0.3, 0.4) is 0 Å². The van der Waals surface area contributed by atoms with Gasteiger partial charge in [-0.2, -0.15) is 0 Å². The van der Waals surface area contributed by atoms with Gasteiger partial charge in [-0.15, -0.1) is 10.2 Å². The Labute approximate surface area is 204 Å². The third-order valence-electron chi connectivity index (χ3n) is 4.52. The van der Waals surface area contributed by atoms with Crippen molar-refractivity contribution in [1.29, 1.82) is 0 Å². The summed E-state index contributed by atoms with van der Waals surface area (Å²) in [5.41, 5.74) is 0.686. The molecule has 4 aromatic rings. The summed E-state index contributed by atoms with van der Waals surface area (Å²) in [4.78, 5) is 24.4. The lowest BCUT2D eigenvalue weighted by atomic mass is 10.1. The van der Waals surface area contributed by atoms with E-state index in [1.54, 1.807) is 24.3 Å². The molecule has 1 heterocycles. The van der Waals surface area contributed by atoms with E-state index in [0.29, 0.717) is 27.5 Å². The van der Waals surface area contributed by atoms with Crippen LogP contribution in [0.25, 0.3) is 10.8 Å². The Hall–Kier alpha value is -3.63. The summed E-state index contributed by atoms with van der Waals surface area (Å²) < 4.78 is 11.6. The van der Waals surface area contributed by atoms with Crippen molar-refractivity contribution in [2.75, 3.05) is 29.6 Å². The normalized spacial score (nSPS) is 10.6. The molecule has 0 aliphatic carbocycles. The molecule has 0 spiro atoms. The number of nitrogens with one attached hydrogen (secondary N) is 2. The molecule has 0 saturated heterocycles. The first-order chi connectivity index (χ1) is 16.6.